The Morgan fingerprint density at radius 3 is 2.70 bits per heavy atom. The van der Waals surface area contributed by atoms with Crippen LogP contribution in [0, 0.1) is 5.92 Å². The maximum Gasteiger partial charge on any atom is 0.191 e. The van der Waals surface area contributed by atoms with Crippen molar-refractivity contribution in [2.24, 2.45) is 10.9 Å². The lowest BCUT2D eigenvalue weighted by Gasteiger charge is -2.20. The second-order valence-electron chi connectivity index (χ2n) is 5.97. The number of para-hydroxylation sites is 1. The standard InChI is InChI=1S/C18H27N5/c1-5-20-18(22-15(4)14(2)3)21-12-16-8-6-7-9-17(16)23-11-10-19-13-23/h6-11,13-15H,5,12H2,1-4H3,(H2,20,21,22). The van der Waals surface area contributed by atoms with Gasteiger partial charge in [0, 0.05) is 25.0 Å². The van der Waals surface area contributed by atoms with Crippen LogP contribution in [0.15, 0.2) is 48.0 Å². The van der Waals surface area contributed by atoms with Gasteiger partial charge >= 0.3 is 0 Å². The molecule has 0 saturated heterocycles. The van der Waals surface area contributed by atoms with Crippen LogP contribution in [-0.2, 0) is 6.54 Å². The molecule has 1 heterocycles. The van der Waals surface area contributed by atoms with E-state index in [4.69, 9.17) is 4.99 Å². The average molecular weight is 313 g/mol. The second kappa shape index (κ2) is 8.36. The fraction of sp³-hybridized carbons (Fsp3) is 0.444. The molecule has 1 aromatic heterocycles. The first-order valence-electron chi connectivity index (χ1n) is 8.23. The molecule has 0 saturated carbocycles. The third-order valence-electron chi connectivity index (χ3n) is 3.89. The van der Waals surface area contributed by atoms with Gasteiger partial charge in [-0.1, -0.05) is 32.0 Å². The van der Waals surface area contributed by atoms with Crippen molar-refractivity contribution in [3.05, 3.63) is 48.5 Å². The predicted octanol–water partition coefficient (Wildman–Crippen LogP) is 2.97. The highest BCUT2D eigenvalue weighted by Crippen LogP contribution is 2.15. The predicted molar refractivity (Wildman–Crippen MR) is 95.8 cm³/mol. The van der Waals surface area contributed by atoms with Crippen LogP contribution in [-0.4, -0.2) is 28.1 Å². The third kappa shape index (κ3) is 4.84. The first-order valence-corrected chi connectivity index (χ1v) is 8.23. The van der Waals surface area contributed by atoms with Crippen LogP contribution in [0.3, 0.4) is 0 Å². The minimum absolute atomic E-state index is 0.372. The van der Waals surface area contributed by atoms with Gasteiger partial charge in [-0.05, 0) is 31.4 Å². The summed E-state index contributed by atoms with van der Waals surface area (Å²) in [5, 5.41) is 6.77. The van der Waals surface area contributed by atoms with Gasteiger partial charge in [-0.3, -0.25) is 0 Å². The van der Waals surface area contributed by atoms with Crippen molar-refractivity contribution in [1.29, 1.82) is 0 Å². The fourth-order valence-electron chi connectivity index (χ4n) is 2.16. The molecule has 1 unspecified atom stereocenters. The van der Waals surface area contributed by atoms with Gasteiger partial charge in [0.2, 0.25) is 0 Å². The van der Waals surface area contributed by atoms with Gasteiger partial charge in [0.1, 0.15) is 0 Å². The number of nitrogens with zero attached hydrogens (tertiary/aromatic N) is 3. The summed E-state index contributed by atoms with van der Waals surface area (Å²) >= 11 is 0. The number of guanidine groups is 1. The molecule has 0 aliphatic heterocycles. The van der Waals surface area contributed by atoms with E-state index in [1.807, 2.05) is 29.2 Å². The van der Waals surface area contributed by atoms with Crippen molar-refractivity contribution in [3.63, 3.8) is 0 Å². The van der Waals surface area contributed by atoms with Crippen molar-refractivity contribution in [2.75, 3.05) is 6.54 Å². The molecule has 2 aromatic rings. The summed E-state index contributed by atoms with van der Waals surface area (Å²) in [6, 6.07) is 8.64. The Kier molecular flexibility index (Phi) is 6.20. The summed E-state index contributed by atoms with van der Waals surface area (Å²) in [6.07, 6.45) is 5.55. The molecule has 2 rings (SSSR count). The van der Waals surface area contributed by atoms with Crippen molar-refractivity contribution in [1.82, 2.24) is 20.2 Å². The molecule has 5 nitrogen and oxygen atoms in total. The Morgan fingerprint density at radius 2 is 2.04 bits per heavy atom. The Labute approximate surface area is 138 Å². The molecule has 0 radical (unpaired) electrons. The lowest BCUT2D eigenvalue weighted by molar-refractivity contribution is 0.481. The molecular formula is C18H27N5. The number of hydrogen-bond acceptors (Lipinski definition) is 2. The van der Waals surface area contributed by atoms with Crippen LogP contribution in [0.4, 0.5) is 0 Å². The summed E-state index contributed by atoms with van der Waals surface area (Å²) in [4.78, 5) is 8.86. The molecule has 0 amide bonds. The second-order valence-corrected chi connectivity index (χ2v) is 5.97. The van der Waals surface area contributed by atoms with E-state index in [1.165, 1.54) is 5.56 Å². The topological polar surface area (TPSA) is 54.2 Å². The highest BCUT2D eigenvalue weighted by Gasteiger charge is 2.09. The van der Waals surface area contributed by atoms with Gasteiger partial charge in [-0.2, -0.15) is 0 Å². The van der Waals surface area contributed by atoms with Crippen molar-refractivity contribution in [2.45, 2.75) is 40.3 Å². The number of nitrogens with one attached hydrogen (secondary N) is 2. The van der Waals surface area contributed by atoms with E-state index in [0.717, 1.165) is 18.2 Å². The molecule has 0 aliphatic carbocycles. The van der Waals surface area contributed by atoms with E-state index in [2.05, 4.69) is 55.4 Å². The summed E-state index contributed by atoms with van der Waals surface area (Å²) in [7, 11) is 0. The van der Waals surface area contributed by atoms with E-state index in [-0.39, 0.29) is 0 Å². The summed E-state index contributed by atoms with van der Waals surface area (Å²) < 4.78 is 2.02. The molecule has 0 fully saturated rings. The molecule has 1 atom stereocenters. The van der Waals surface area contributed by atoms with Crippen LogP contribution in [0.25, 0.3) is 5.69 Å². The molecular weight excluding hydrogens is 286 g/mol. The first kappa shape index (κ1) is 17.1. The van der Waals surface area contributed by atoms with Gasteiger partial charge in [0.25, 0.3) is 0 Å². The summed E-state index contributed by atoms with van der Waals surface area (Å²) in [5.74, 6) is 1.41. The van der Waals surface area contributed by atoms with Gasteiger partial charge in [-0.15, -0.1) is 0 Å². The van der Waals surface area contributed by atoms with Crippen molar-refractivity contribution < 1.29 is 0 Å². The summed E-state index contributed by atoms with van der Waals surface area (Å²) in [5.41, 5.74) is 2.28. The zero-order chi connectivity index (χ0) is 16.7. The minimum Gasteiger partial charge on any atom is -0.357 e. The first-order chi connectivity index (χ1) is 11.1. The molecule has 23 heavy (non-hydrogen) atoms. The largest absolute Gasteiger partial charge is 0.357 e. The minimum atomic E-state index is 0.372. The SMILES string of the molecule is CCNC(=NCc1ccccc1-n1ccnc1)NC(C)C(C)C. The van der Waals surface area contributed by atoms with Crippen LogP contribution in [0.1, 0.15) is 33.3 Å². The van der Waals surface area contributed by atoms with Crippen molar-refractivity contribution in [3.8, 4) is 5.69 Å². The van der Waals surface area contributed by atoms with E-state index in [1.54, 1.807) is 6.20 Å². The van der Waals surface area contributed by atoms with Crippen LogP contribution < -0.4 is 10.6 Å². The molecule has 0 spiro atoms. The van der Waals surface area contributed by atoms with Crippen molar-refractivity contribution >= 4 is 5.96 Å². The van der Waals surface area contributed by atoms with Crippen LogP contribution in [0.5, 0.6) is 0 Å². The fourth-order valence-corrected chi connectivity index (χ4v) is 2.16. The van der Waals surface area contributed by atoms with Crippen LogP contribution in [0.2, 0.25) is 0 Å². The smallest absolute Gasteiger partial charge is 0.191 e. The van der Waals surface area contributed by atoms with E-state index < -0.39 is 0 Å². The Morgan fingerprint density at radius 1 is 1.26 bits per heavy atom. The van der Waals surface area contributed by atoms with Gasteiger partial charge in [-0.25, -0.2) is 9.98 Å². The quantitative estimate of drug-likeness (QED) is 0.637. The summed E-state index contributed by atoms with van der Waals surface area (Å²) in [6.45, 7) is 10.1. The zero-order valence-corrected chi connectivity index (χ0v) is 14.5. The highest BCUT2D eigenvalue weighted by atomic mass is 15.2. The molecule has 1 aromatic carbocycles. The molecule has 0 aliphatic rings. The van der Waals surface area contributed by atoms with Gasteiger partial charge in [0.15, 0.2) is 5.96 Å². The van der Waals surface area contributed by atoms with E-state index in [9.17, 15) is 0 Å². The lowest BCUT2D eigenvalue weighted by Crippen LogP contribution is -2.44. The Balaban J connectivity index is 2.16. The highest BCUT2D eigenvalue weighted by molar-refractivity contribution is 5.80. The normalized spacial score (nSPS) is 13.2. The molecule has 5 heteroatoms. The number of aromatic nitrogens is 2. The van der Waals surface area contributed by atoms with Gasteiger partial charge < -0.3 is 15.2 Å². The Bertz CT molecular complexity index is 616. The maximum absolute atomic E-state index is 4.74. The van der Waals surface area contributed by atoms with Crippen LogP contribution >= 0.6 is 0 Å². The number of imidazole rings is 1. The lowest BCUT2D eigenvalue weighted by atomic mass is 10.1. The molecule has 124 valence electrons. The monoisotopic (exact) mass is 313 g/mol. The van der Waals surface area contributed by atoms with E-state index in [0.29, 0.717) is 18.5 Å². The third-order valence-corrected chi connectivity index (χ3v) is 3.89. The number of aliphatic imine (C=N–C) groups is 1. The number of hydrogen-bond donors (Lipinski definition) is 2. The molecule has 2 N–H and O–H groups in total. The molecule has 0 bridgehead atoms. The van der Waals surface area contributed by atoms with E-state index >= 15 is 0 Å². The zero-order valence-electron chi connectivity index (χ0n) is 14.5. The number of benzene rings is 1. The average Bonchev–Trinajstić information content (AvgIpc) is 3.07. The Hall–Kier alpha value is -2.30. The van der Waals surface area contributed by atoms with Gasteiger partial charge in [0.05, 0.1) is 18.6 Å². The maximum atomic E-state index is 4.74. The number of rotatable bonds is 6.